The molecule has 1 aliphatic heterocycles. The Morgan fingerprint density at radius 1 is 1.29 bits per heavy atom. The third kappa shape index (κ3) is 6.04. The van der Waals surface area contributed by atoms with Crippen LogP contribution in [0.1, 0.15) is 31.4 Å². The van der Waals surface area contributed by atoms with Crippen molar-refractivity contribution >= 4 is 18.4 Å². The van der Waals surface area contributed by atoms with Gasteiger partial charge in [-0.3, -0.25) is 9.69 Å². The van der Waals surface area contributed by atoms with Gasteiger partial charge in [-0.2, -0.15) is 0 Å². The van der Waals surface area contributed by atoms with Gasteiger partial charge in [0.1, 0.15) is 6.10 Å². The maximum Gasteiger partial charge on any atom is 0.306 e. The molecule has 5 heteroatoms. The van der Waals surface area contributed by atoms with E-state index in [4.69, 9.17) is 9.47 Å². The highest BCUT2D eigenvalue weighted by molar-refractivity contribution is 5.85. The summed E-state index contributed by atoms with van der Waals surface area (Å²) in [5, 5.41) is 0. The minimum atomic E-state index is -0.147. The van der Waals surface area contributed by atoms with E-state index >= 15 is 0 Å². The molecule has 1 aromatic rings. The Bertz CT molecular complexity index is 407. The van der Waals surface area contributed by atoms with E-state index < -0.39 is 0 Å². The van der Waals surface area contributed by atoms with Gasteiger partial charge in [-0.05, 0) is 5.56 Å². The van der Waals surface area contributed by atoms with E-state index in [1.54, 1.807) is 0 Å². The molecule has 1 atom stereocenters. The van der Waals surface area contributed by atoms with Crippen molar-refractivity contribution in [3.05, 3.63) is 35.9 Å². The Morgan fingerprint density at radius 3 is 2.57 bits per heavy atom. The molecule has 2 rings (SSSR count). The van der Waals surface area contributed by atoms with Gasteiger partial charge in [0, 0.05) is 32.5 Å². The fourth-order valence-electron chi connectivity index (χ4n) is 2.33. The minimum absolute atomic E-state index is 0. The van der Waals surface area contributed by atoms with Gasteiger partial charge in [-0.15, -0.1) is 12.4 Å². The first-order valence-electron chi connectivity index (χ1n) is 7.34. The first kappa shape index (κ1) is 18.0. The summed E-state index contributed by atoms with van der Waals surface area (Å²) in [5.41, 5.74) is 1.07. The second-order valence-corrected chi connectivity index (χ2v) is 4.99. The first-order chi connectivity index (χ1) is 9.79. The standard InChI is InChI=1S/C16H23NO3.ClH/c1-2-16(18)20-15(14-6-4-3-5-7-14)8-9-17-10-12-19-13-11-17;/h3-7,15H,2,8-13H2,1H3;1H. The minimum Gasteiger partial charge on any atom is -0.457 e. The topological polar surface area (TPSA) is 38.8 Å². The molecule has 0 N–H and O–H groups in total. The summed E-state index contributed by atoms with van der Waals surface area (Å²) in [4.78, 5) is 14.0. The van der Waals surface area contributed by atoms with E-state index in [0.717, 1.165) is 44.8 Å². The Labute approximate surface area is 132 Å². The molecule has 0 bridgehead atoms. The molecular formula is C16H24ClNO3. The van der Waals surface area contributed by atoms with E-state index in [2.05, 4.69) is 4.90 Å². The molecule has 1 aromatic carbocycles. The van der Waals surface area contributed by atoms with Crippen molar-refractivity contribution in [1.82, 2.24) is 4.90 Å². The van der Waals surface area contributed by atoms with Crippen LogP contribution in [0.5, 0.6) is 0 Å². The van der Waals surface area contributed by atoms with Crippen LogP contribution in [0, 0.1) is 0 Å². The lowest BCUT2D eigenvalue weighted by molar-refractivity contribution is -0.149. The summed E-state index contributed by atoms with van der Waals surface area (Å²) in [5.74, 6) is -0.138. The number of carbonyl (C=O) groups is 1. The molecule has 118 valence electrons. The fourth-order valence-corrected chi connectivity index (χ4v) is 2.33. The Morgan fingerprint density at radius 2 is 1.95 bits per heavy atom. The molecule has 1 fully saturated rings. The molecule has 1 unspecified atom stereocenters. The van der Waals surface area contributed by atoms with Gasteiger partial charge in [0.2, 0.25) is 0 Å². The van der Waals surface area contributed by atoms with Crippen LogP contribution in [0.25, 0.3) is 0 Å². The predicted molar refractivity (Wildman–Crippen MR) is 84.7 cm³/mol. The van der Waals surface area contributed by atoms with Crippen LogP contribution >= 0.6 is 12.4 Å². The van der Waals surface area contributed by atoms with Crippen LogP contribution in [0.3, 0.4) is 0 Å². The lowest BCUT2D eigenvalue weighted by Crippen LogP contribution is -2.37. The lowest BCUT2D eigenvalue weighted by Gasteiger charge is -2.28. The molecule has 0 aromatic heterocycles. The average Bonchev–Trinajstić information content (AvgIpc) is 2.53. The zero-order valence-electron chi connectivity index (χ0n) is 12.5. The zero-order chi connectivity index (χ0) is 14.2. The molecule has 0 aliphatic carbocycles. The van der Waals surface area contributed by atoms with Crippen LogP contribution in [-0.2, 0) is 14.3 Å². The largest absolute Gasteiger partial charge is 0.457 e. The number of hydrogen-bond acceptors (Lipinski definition) is 4. The number of ether oxygens (including phenoxy) is 2. The smallest absolute Gasteiger partial charge is 0.306 e. The summed E-state index contributed by atoms with van der Waals surface area (Å²) < 4.78 is 10.9. The van der Waals surface area contributed by atoms with Crippen LogP contribution < -0.4 is 0 Å². The van der Waals surface area contributed by atoms with Gasteiger partial charge >= 0.3 is 5.97 Å². The molecule has 4 nitrogen and oxygen atoms in total. The van der Waals surface area contributed by atoms with Crippen molar-refractivity contribution in [2.75, 3.05) is 32.8 Å². The van der Waals surface area contributed by atoms with E-state index in [-0.39, 0.29) is 24.5 Å². The number of hydrogen-bond donors (Lipinski definition) is 0. The highest BCUT2D eigenvalue weighted by Gasteiger charge is 2.18. The molecule has 1 saturated heterocycles. The van der Waals surface area contributed by atoms with Crippen molar-refractivity contribution in [3.8, 4) is 0 Å². The van der Waals surface area contributed by atoms with Crippen molar-refractivity contribution in [2.45, 2.75) is 25.9 Å². The number of esters is 1. The van der Waals surface area contributed by atoms with Gasteiger partial charge in [0.05, 0.1) is 13.2 Å². The van der Waals surface area contributed by atoms with E-state index in [0.29, 0.717) is 6.42 Å². The molecular weight excluding hydrogens is 290 g/mol. The Hall–Kier alpha value is -1.10. The quantitative estimate of drug-likeness (QED) is 0.757. The normalized spacial score (nSPS) is 16.8. The molecule has 0 saturated carbocycles. The van der Waals surface area contributed by atoms with Gasteiger partial charge < -0.3 is 9.47 Å². The number of rotatable bonds is 6. The van der Waals surface area contributed by atoms with Crippen molar-refractivity contribution < 1.29 is 14.3 Å². The Balaban J connectivity index is 0.00000220. The molecule has 21 heavy (non-hydrogen) atoms. The van der Waals surface area contributed by atoms with Gasteiger partial charge in [0.25, 0.3) is 0 Å². The highest BCUT2D eigenvalue weighted by Crippen LogP contribution is 2.22. The van der Waals surface area contributed by atoms with E-state index in [1.807, 2.05) is 37.3 Å². The number of benzene rings is 1. The monoisotopic (exact) mass is 313 g/mol. The second-order valence-electron chi connectivity index (χ2n) is 4.99. The lowest BCUT2D eigenvalue weighted by atomic mass is 10.1. The molecule has 1 heterocycles. The predicted octanol–water partition coefficient (Wildman–Crippen LogP) is 2.83. The maximum atomic E-state index is 11.6. The summed E-state index contributed by atoms with van der Waals surface area (Å²) in [6, 6.07) is 9.98. The molecule has 0 amide bonds. The SMILES string of the molecule is CCC(=O)OC(CCN1CCOCC1)c1ccccc1.Cl. The first-order valence-corrected chi connectivity index (χ1v) is 7.34. The molecule has 1 aliphatic rings. The summed E-state index contributed by atoms with van der Waals surface area (Å²) in [6.45, 7) is 6.27. The van der Waals surface area contributed by atoms with Gasteiger partial charge in [0.15, 0.2) is 0 Å². The average molecular weight is 314 g/mol. The number of carbonyl (C=O) groups excluding carboxylic acids is 1. The number of halogens is 1. The van der Waals surface area contributed by atoms with E-state index in [9.17, 15) is 4.79 Å². The van der Waals surface area contributed by atoms with Crippen molar-refractivity contribution in [3.63, 3.8) is 0 Å². The summed E-state index contributed by atoms with van der Waals surface area (Å²) in [6.07, 6.45) is 1.10. The van der Waals surface area contributed by atoms with Crippen LogP contribution in [0.2, 0.25) is 0 Å². The Kier molecular flexibility index (Phi) is 8.35. The van der Waals surface area contributed by atoms with Gasteiger partial charge in [-0.1, -0.05) is 37.3 Å². The summed E-state index contributed by atoms with van der Waals surface area (Å²) >= 11 is 0. The molecule has 0 radical (unpaired) electrons. The van der Waals surface area contributed by atoms with Crippen molar-refractivity contribution in [1.29, 1.82) is 0 Å². The second kappa shape index (κ2) is 9.77. The third-order valence-corrected chi connectivity index (χ3v) is 3.54. The van der Waals surface area contributed by atoms with E-state index in [1.165, 1.54) is 0 Å². The zero-order valence-corrected chi connectivity index (χ0v) is 13.3. The highest BCUT2D eigenvalue weighted by atomic mass is 35.5. The number of nitrogens with zero attached hydrogens (tertiary/aromatic N) is 1. The van der Waals surface area contributed by atoms with Crippen molar-refractivity contribution in [2.24, 2.45) is 0 Å². The van der Waals surface area contributed by atoms with Crippen LogP contribution in [-0.4, -0.2) is 43.7 Å². The summed E-state index contributed by atoms with van der Waals surface area (Å²) in [7, 11) is 0. The fraction of sp³-hybridized carbons (Fsp3) is 0.562. The number of morpholine rings is 1. The van der Waals surface area contributed by atoms with Crippen LogP contribution in [0.4, 0.5) is 0 Å². The third-order valence-electron chi connectivity index (χ3n) is 3.54. The van der Waals surface area contributed by atoms with Gasteiger partial charge in [-0.25, -0.2) is 0 Å². The maximum absolute atomic E-state index is 11.6. The molecule has 0 spiro atoms. The van der Waals surface area contributed by atoms with Crippen LogP contribution in [0.15, 0.2) is 30.3 Å².